The van der Waals surface area contributed by atoms with Gasteiger partial charge in [0.1, 0.15) is 0 Å². The van der Waals surface area contributed by atoms with E-state index in [0.717, 1.165) is 18.9 Å². The predicted octanol–water partition coefficient (Wildman–Crippen LogP) is 4.45. The Labute approximate surface area is 107 Å². The molecule has 0 atom stereocenters. The lowest BCUT2D eigenvalue weighted by atomic mass is 9.88. The zero-order valence-electron chi connectivity index (χ0n) is 11.8. The van der Waals surface area contributed by atoms with Crippen molar-refractivity contribution in [3.05, 3.63) is 0 Å². The first kappa shape index (κ1) is 14.5. The maximum Gasteiger partial charge on any atom is 0.0989 e. The van der Waals surface area contributed by atoms with Crippen molar-refractivity contribution in [2.45, 2.75) is 71.6 Å². The number of rotatable bonds is 7. The topological polar surface area (TPSA) is 27.1 Å². The number of hydrogen-bond donors (Lipinski definition) is 1. The highest BCUT2D eigenvalue weighted by Gasteiger charge is 2.21. The lowest BCUT2D eigenvalue weighted by molar-refractivity contribution is 0.342. The summed E-state index contributed by atoms with van der Waals surface area (Å²) in [4.78, 5) is 2.36. The van der Waals surface area contributed by atoms with E-state index in [2.05, 4.69) is 18.7 Å². The van der Waals surface area contributed by atoms with Crippen LogP contribution in [0.4, 0.5) is 0 Å². The third kappa shape index (κ3) is 5.10. The molecule has 100 valence electrons. The molecule has 0 aromatic rings. The molecule has 2 nitrogen and oxygen atoms in total. The summed E-state index contributed by atoms with van der Waals surface area (Å²) in [6.07, 6.45) is 11.5. The van der Waals surface area contributed by atoms with E-state index in [0.29, 0.717) is 5.92 Å². The molecule has 0 radical (unpaired) electrons. The minimum absolute atomic E-state index is 0.567. The summed E-state index contributed by atoms with van der Waals surface area (Å²) >= 11 is 0. The van der Waals surface area contributed by atoms with Crippen molar-refractivity contribution in [3.63, 3.8) is 0 Å². The zero-order chi connectivity index (χ0) is 12.5. The average Bonchev–Trinajstić information content (AvgIpc) is 2.39. The molecule has 1 aliphatic rings. The van der Waals surface area contributed by atoms with Crippen molar-refractivity contribution in [2.24, 2.45) is 5.92 Å². The minimum Gasteiger partial charge on any atom is -0.360 e. The van der Waals surface area contributed by atoms with Crippen molar-refractivity contribution in [1.29, 1.82) is 5.41 Å². The Bertz CT molecular complexity index is 199. The van der Waals surface area contributed by atoms with E-state index in [-0.39, 0.29) is 0 Å². The van der Waals surface area contributed by atoms with Crippen LogP contribution in [-0.4, -0.2) is 23.8 Å². The van der Waals surface area contributed by atoms with Crippen LogP contribution in [-0.2, 0) is 0 Å². The highest BCUT2D eigenvalue weighted by atomic mass is 15.2. The van der Waals surface area contributed by atoms with Crippen LogP contribution >= 0.6 is 0 Å². The van der Waals surface area contributed by atoms with E-state index in [4.69, 9.17) is 5.41 Å². The van der Waals surface area contributed by atoms with Gasteiger partial charge in [0.15, 0.2) is 0 Å². The molecule has 1 saturated carbocycles. The molecule has 0 aromatic heterocycles. The fraction of sp³-hybridized carbons (Fsp3) is 0.933. The van der Waals surface area contributed by atoms with Gasteiger partial charge in [0, 0.05) is 19.0 Å². The normalized spacial score (nSPS) is 17.1. The first-order chi connectivity index (χ1) is 8.29. The molecule has 2 heteroatoms. The number of amidine groups is 1. The van der Waals surface area contributed by atoms with Crippen molar-refractivity contribution in [1.82, 2.24) is 4.90 Å². The summed E-state index contributed by atoms with van der Waals surface area (Å²) in [5.74, 6) is 1.52. The van der Waals surface area contributed by atoms with Gasteiger partial charge < -0.3 is 4.90 Å². The Balaban J connectivity index is 2.44. The number of hydrogen-bond acceptors (Lipinski definition) is 1. The molecule has 0 aliphatic heterocycles. The number of unbranched alkanes of at least 4 members (excludes halogenated alkanes) is 2. The van der Waals surface area contributed by atoms with Crippen molar-refractivity contribution in [3.8, 4) is 0 Å². The molecular formula is C15H30N2. The van der Waals surface area contributed by atoms with Gasteiger partial charge in [-0.15, -0.1) is 0 Å². The number of nitrogens with zero attached hydrogens (tertiary/aromatic N) is 1. The van der Waals surface area contributed by atoms with E-state index < -0.39 is 0 Å². The second kappa shape index (κ2) is 8.54. The van der Waals surface area contributed by atoms with E-state index in [1.807, 2.05) is 0 Å². The van der Waals surface area contributed by atoms with Crippen LogP contribution in [0.3, 0.4) is 0 Å². The standard InChI is InChI=1S/C15H30N2/c1-3-5-12-17(13-6-4-2)15(16)14-10-8-7-9-11-14/h14,16H,3-13H2,1-2H3. The molecule has 1 fully saturated rings. The lowest BCUT2D eigenvalue weighted by Gasteiger charge is -2.32. The monoisotopic (exact) mass is 238 g/mol. The minimum atomic E-state index is 0.567. The molecule has 17 heavy (non-hydrogen) atoms. The Morgan fingerprint density at radius 2 is 1.53 bits per heavy atom. The molecule has 0 unspecified atom stereocenters. The molecule has 0 saturated heterocycles. The van der Waals surface area contributed by atoms with E-state index in [1.54, 1.807) is 0 Å². The van der Waals surface area contributed by atoms with Crippen molar-refractivity contribution >= 4 is 5.84 Å². The molecule has 0 amide bonds. The lowest BCUT2D eigenvalue weighted by Crippen LogP contribution is -2.37. The summed E-state index contributed by atoms with van der Waals surface area (Å²) in [6, 6.07) is 0. The quantitative estimate of drug-likeness (QED) is 0.515. The summed E-state index contributed by atoms with van der Waals surface area (Å²) in [5.41, 5.74) is 0. The van der Waals surface area contributed by atoms with Crippen LogP contribution in [0.5, 0.6) is 0 Å². The second-order valence-corrected chi connectivity index (χ2v) is 5.41. The van der Waals surface area contributed by atoms with Crippen molar-refractivity contribution < 1.29 is 0 Å². The van der Waals surface area contributed by atoms with Gasteiger partial charge in [-0.3, -0.25) is 5.41 Å². The van der Waals surface area contributed by atoms with Gasteiger partial charge in [-0.05, 0) is 25.7 Å². The summed E-state index contributed by atoms with van der Waals surface area (Å²) in [5, 5.41) is 8.42. The molecule has 1 rings (SSSR count). The molecule has 1 N–H and O–H groups in total. The largest absolute Gasteiger partial charge is 0.360 e. The molecule has 0 spiro atoms. The Kier molecular flexibility index (Phi) is 7.30. The Hall–Kier alpha value is -0.530. The van der Waals surface area contributed by atoms with Crippen LogP contribution in [0.1, 0.15) is 71.6 Å². The first-order valence-electron chi connectivity index (χ1n) is 7.63. The summed E-state index contributed by atoms with van der Waals surface area (Å²) in [7, 11) is 0. The van der Waals surface area contributed by atoms with E-state index in [9.17, 15) is 0 Å². The van der Waals surface area contributed by atoms with Gasteiger partial charge >= 0.3 is 0 Å². The van der Waals surface area contributed by atoms with E-state index >= 15 is 0 Å². The molecule has 1 aliphatic carbocycles. The average molecular weight is 238 g/mol. The van der Waals surface area contributed by atoms with Gasteiger partial charge in [-0.25, -0.2) is 0 Å². The molecule has 0 aromatic carbocycles. The fourth-order valence-electron chi connectivity index (χ4n) is 2.68. The maximum absolute atomic E-state index is 8.42. The van der Waals surface area contributed by atoms with Crippen LogP contribution in [0.2, 0.25) is 0 Å². The maximum atomic E-state index is 8.42. The third-order valence-electron chi connectivity index (χ3n) is 3.90. The van der Waals surface area contributed by atoms with Gasteiger partial charge in [0.2, 0.25) is 0 Å². The first-order valence-corrected chi connectivity index (χ1v) is 7.63. The van der Waals surface area contributed by atoms with Crippen LogP contribution in [0.25, 0.3) is 0 Å². The second-order valence-electron chi connectivity index (χ2n) is 5.41. The Morgan fingerprint density at radius 1 is 1.00 bits per heavy atom. The van der Waals surface area contributed by atoms with Crippen LogP contribution in [0, 0.1) is 11.3 Å². The SMILES string of the molecule is CCCCN(CCCC)C(=N)C1CCCCC1. The van der Waals surface area contributed by atoms with Gasteiger partial charge in [-0.2, -0.15) is 0 Å². The summed E-state index contributed by atoms with van der Waals surface area (Å²) < 4.78 is 0. The van der Waals surface area contributed by atoms with Gasteiger partial charge in [-0.1, -0.05) is 46.0 Å². The molecule has 0 bridgehead atoms. The number of nitrogens with one attached hydrogen (secondary N) is 1. The highest BCUT2D eigenvalue weighted by molar-refractivity contribution is 5.81. The Morgan fingerprint density at radius 3 is 2.00 bits per heavy atom. The zero-order valence-corrected chi connectivity index (χ0v) is 11.8. The fourth-order valence-corrected chi connectivity index (χ4v) is 2.68. The van der Waals surface area contributed by atoms with E-state index in [1.165, 1.54) is 57.8 Å². The molecular weight excluding hydrogens is 208 g/mol. The molecule has 0 heterocycles. The highest BCUT2D eigenvalue weighted by Crippen LogP contribution is 2.25. The smallest absolute Gasteiger partial charge is 0.0989 e. The summed E-state index contributed by atoms with van der Waals surface area (Å²) in [6.45, 7) is 6.68. The van der Waals surface area contributed by atoms with Gasteiger partial charge in [0.05, 0.1) is 5.84 Å². The van der Waals surface area contributed by atoms with Crippen LogP contribution < -0.4 is 0 Å². The third-order valence-corrected chi connectivity index (χ3v) is 3.90. The van der Waals surface area contributed by atoms with Crippen LogP contribution in [0.15, 0.2) is 0 Å². The van der Waals surface area contributed by atoms with Crippen molar-refractivity contribution in [2.75, 3.05) is 13.1 Å². The predicted molar refractivity (Wildman–Crippen MR) is 75.7 cm³/mol. The van der Waals surface area contributed by atoms with Gasteiger partial charge in [0.25, 0.3) is 0 Å².